The molecule has 0 saturated carbocycles. The molecule has 2 aromatic carbocycles. The van der Waals surface area contributed by atoms with E-state index in [-0.39, 0.29) is 22.7 Å². The average molecular weight is 296 g/mol. The maximum Gasteiger partial charge on any atom is 0.265 e. The lowest BCUT2D eigenvalue weighted by Crippen LogP contribution is -2.00. The van der Waals surface area contributed by atoms with E-state index >= 15 is 0 Å². The number of alkyl halides is 2. The number of hydrogen-bond donors (Lipinski definition) is 2. The molecule has 0 aromatic heterocycles. The van der Waals surface area contributed by atoms with Crippen LogP contribution in [0.25, 0.3) is 0 Å². The first-order chi connectivity index (χ1) is 10.0. The van der Waals surface area contributed by atoms with E-state index in [0.717, 1.165) is 0 Å². The Morgan fingerprint density at radius 3 is 2.57 bits per heavy atom. The van der Waals surface area contributed by atoms with Crippen LogP contribution in [0.2, 0.25) is 0 Å². The molecule has 0 spiro atoms. The molecule has 0 heterocycles. The normalized spacial score (nSPS) is 10.7. The molecule has 0 saturated heterocycles. The Kier molecular flexibility index (Phi) is 4.57. The van der Waals surface area contributed by atoms with Gasteiger partial charge in [0.25, 0.3) is 6.43 Å². The van der Waals surface area contributed by atoms with Gasteiger partial charge in [-0.05, 0) is 37.3 Å². The standard InChI is InChI=1S/C15H15F3N2O/c1-2-21-14-6-4-10(8-12(14)16)20-13-5-3-9(19)7-11(13)15(17)18/h3-8,15,20H,2,19H2,1H3. The summed E-state index contributed by atoms with van der Waals surface area (Å²) in [6, 6.07) is 8.32. The monoisotopic (exact) mass is 296 g/mol. The van der Waals surface area contributed by atoms with Crippen molar-refractivity contribution in [1.29, 1.82) is 0 Å². The van der Waals surface area contributed by atoms with Crippen molar-refractivity contribution in [2.75, 3.05) is 17.7 Å². The van der Waals surface area contributed by atoms with Gasteiger partial charge < -0.3 is 15.8 Å². The second kappa shape index (κ2) is 6.39. The molecule has 0 aliphatic heterocycles. The Morgan fingerprint density at radius 1 is 1.19 bits per heavy atom. The summed E-state index contributed by atoms with van der Waals surface area (Å²) < 4.78 is 44.7. The largest absolute Gasteiger partial charge is 0.491 e. The van der Waals surface area contributed by atoms with E-state index < -0.39 is 12.2 Å². The molecule has 3 N–H and O–H groups in total. The molecule has 0 fully saturated rings. The summed E-state index contributed by atoms with van der Waals surface area (Å²) >= 11 is 0. The molecule has 6 heteroatoms. The molecule has 21 heavy (non-hydrogen) atoms. The highest BCUT2D eigenvalue weighted by Crippen LogP contribution is 2.32. The van der Waals surface area contributed by atoms with Crippen LogP contribution in [0.1, 0.15) is 18.9 Å². The SMILES string of the molecule is CCOc1ccc(Nc2ccc(N)cc2C(F)F)cc1F. The van der Waals surface area contributed by atoms with Gasteiger partial charge in [-0.2, -0.15) is 0 Å². The van der Waals surface area contributed by atoms with E-state index in [2.05, 4.69) is 5.32 Å². The van der Waals surface area contributed by atoms with Gasteiger partial charge in [0, 0.05) is 28.7 Å². The van der Waals surface area contributed by atoms with Gasteiger partial charge in [0.2, 0.25) is 0 Å². The van der Waals surface area contributed by atoms with Gasteiger partial charge in [0.1, 0.15) is 0 Å². The van der Waals surface area contributed by atoms with Crippen LogP contribution in [0.4, 0.5) is 30.2 Å². The zero-order valence-electron chi connectivity index (χ0n) is 11.4. The number of rotatable bonds is 5. The maximum absolute atomic E-state index is 13.7. The summed E-state index contributed by atoms with van der Waals surface area (Å²) in [6.07, 6.45) is -2.68. The zero-order chi connectivity index (χ0) is 15.4. The van der Waals surface area contributed by atoms with Crippen molar-refractivity contribution in [3.05, 3.63) is 47.8 Å². The number of ether oxygens (including phenoxy) is 1. The molecule has 0 aliphatic rings. The van der Waals surface area contributed by atoms with Crippen LogP contribution < -0.4 is 15.8 Å². The Labute approximate surface area is 120 Å². The molecule has 0 radical (unpaired) electrons. The molecular formula is C15H15F3N2O. The fraction of sp³-hybridized carbons (Fsp3) is 0.200. The fourth-order valence-electron chi connectivity index (χ4n) is 1.88. The van der Waals surface area contributed by atoms with E-state index in [1.54, 1.807) is 13.0 Å². The average Bonchev–Trinajstić information content (AvgIpc) is 2.44. The molecule has 0 bridgehead atoms. The van der Waals surface area contributed by atoms with Gasteiger partial charge in [-0.25, -0.2) is 13.2 Å². The number of anilines is 3. The van der Waals surface area contributed by atoms with Gasteiger partial charge in [0.15, 0.2) is 11.6 Å². The van der Waals surface area contributed by atoms with Crippen LogP contribution in [-0.4, -0.2) is 6.61 Å². The molecule has 2 aromatic rings. The highest BCUT2D eigenvalue weighted by Gasteiger charge is 2.14. The molecule has 0 amide bonds. The molecule has 0 unspecified atom stereocenters. The van der Waals surface area contributed by atoms with Crippen LogP contribution in [0.3, 0.4) is 0 Å². The molecule has 2 rings (SSSR count). The van der Waals surface area contributed by atoms with Gasteiger partial charge in [-0.1, -0.05) is 0 Å². The van der Waals surface area contributed by atoms with Crippen molar-refractivity contribution in [2.45, 2.75) is 13.3 Å². The van der Waals surface area contributed by atoms with Gasteiger partial charge in [-0.3, -0.25) is 0 Å². The Balaban J connectivity index is 2.28. The summed E-state index contributed by atoms with van der Waals surface area (Å²) in [5.74, 6) is -0.440. The Morgan fingerprint density at radius 2 is 1.95 bits per heavy atom. The summed E-state index contributed by atoms with van der Waals surface area (Å²) in [4.78, 5) is 0. The number of hydrogen-bond acceptors (Lipinski definition) is 3. The van der Waals surface area contributed by atoms with Crippen molar-refractivity contribution in [1.82, 2.24) is 0 Å². The predicted molar refractivity (Wildman–Crippen MR) is 76.7 cm³/mol. The number of nitrogen functional groups attached to an aromatic ring is 1. The van der Waals surface area contributed by atoms with Crippen molar-refractivity contribution >= 4 is 17.1 Å². The van der Waals surface area contributed by atoms with Crippen molar-refractivity contribution < 1.29 is 17.9 Å². The first-order valence-electron chi connectivity index (χ1n) is 6.38. The van der Waals surface area contributed by atoms with Crippen molar-refractivity contribution in [3.8, 4) is 5.75 Å². The second-order valence-corrected chi connectivity index (χ2v) is 4.35. The van der Waals surface area contributed by atoms with Crippen LogP contribution in [0, 0.1) is 5.82 Å². The lowest BCUT2D eigenvalue weighted by molar-refractivity contribution is 0.152. The van der Waals surface area contributed by atoms with E-state index in [0.29, 0.717) is 12.3 Å². The van der Waals surface area contributed by atoms with E-state index in [1.165, 1.54) is 30.3 Å². The van der Waals surface area contributed by atoms with Crippen LogP contribution in [-0.2, 0) is 0 Å². The third kappa shape index (κ3) is 3.59. The highest BCUT2D eigenvalue weighted by atomic mass is 19.3. The topological polar surface area (TPSA) is 47.3 Å². The summed E-state index contributed by atoms with van der Waals surface area (Å²) in [7, 11) is 0. The molecule has 0 aliphatic carbocycles. The van der Waals surface area contributed by atoms with Gasteiger partial charge >= 0.3 is 0 Å². The smallest absolute Gasteiger partial charge is 0.265 e. The number of nitrogens with two attached hydrogens (primary N) is 1. The lowest BCUT2D eigenvalue weighted by Gasteiger charge is -2.13. The van der Waals surface area contributed by atoms with Gasteiger partial charge in [-0.15, -0.1) is 0 Å². The second-order valence-electron chi connectivity index (χ2n) is 4.35. The zero-order valence-corrected chi connectivity index (χ0v) is 11.4. The molecular weight excluding hydrogens is 281 g/mol. The van der Waals surface area contributed by atoms with E-state index in [9.17, 15) is 13.2 Å². The third-order valence-corrected chi connectivity index (χ3v) is 2.82. The van der Waals surface area contributed by atoms with Crippen LogP contribution in [0.5, 0.6) is 5.75 Å². The van der Waals surface area contributed by atoms with E-state index in [4.69, 9.17) is 10.5 Å². The molecule has 112 valence electrons. The summed E-state index contributed by atoms with van der Waals surface area (Å²) in [6.45, 7) is 2.09. The minimum absolute atomic E-state index is 0.120. The lowest BCUT2D eigenvalue weighted by atomic mass is 10.1. The Hall–Kier alpha value is -2.37. The number of benzene rings is 2. The van der Waals surface area contributed by atoms with Crippen molar-refractivity contribution in [3.63, 3.8) is 0 Å². The number of nitrogens with one attached hydrogen (secondary N) is 1. The molecule has 0 atom stereocenters. The third-order valence-electron chi connectivity index (χ3n) is 2.82. The Bertz CT molecular complexity index is 632. The molecule has 3 nitrogen and oxygen atoms in total. The number of halogens is 3. The minimum Gasteiger partial charge on any atom is -0.491 e. The highest BCUT2D eigenvalue weighted by molar-refractivity contribution is 5.67. The quantitative estimate of drug-likeness (QED) is 0.799. The van der Waals surface area contributed by atoms with Crippen molar-refractivity contribution in [2.24, 2.45) is 0 Å². The fourth-order valence-corrected chi connectivity index (χ4v) is 1.88. The first-order valence-corrected chi connectivity index (χ1v) is 6.38. The first kappa shape index (κ1) is 15.0. The van der Waals surface area contributed by atoms with Crippen LogP contribution in [0.15, 0.2) is 36.4 Å². The van der Waals surface area contributed by atoms with Gasteiger partial charge in [0.05, 0.1) is 6.61 Å². The summed E-state index contributed by atoms with van der Waals surface area (Å²) in [5.41, 5.74) is 6.04. The van der Waals surface area contributed by atoms with Crippen LogP contribution >= 0.6 is 0 Å². The summed E-state index contributed by atoms with van der Waals surface area (Å²) in [5, 5.41) is 2.76. The maximum atomic E-state index is 13.7. The minimum atomic E-state index is -2.68. The van der Waals surface area contributed by atoms with E-state index in [1.807, 2.05) is 0 Å². The predicted octanol–water partition coefficient (Wildman–Crippen LogP) is 4.49.